The summed E-state index contributed by atoms with van der Waals surface area (Å²) in [6, 6.07) is 13.6. The van der Waals surface area contributed by atoms with E-state index in [1.807, 2.05) is 54.3 Å². The Morgan fingerprint density at radius 2 is 1.85 bits per heavy atom. The predicted octanol–water partition coefficient (Wildman–Crippen LogP) is 3.61. The summed E-state index contributed by atoms with van der Waals surface area (Å²) < 4.78 is 16.3. The summed E-state index contributed by atoms with van der Waals surface area (Å²) in [5.41, 5.74) is 1.04. The first kappa shape index (κ1) is 18.5. The number of hydrogen-bond acceptors (Lipinski definition) is 5. The number of fused-ring (bicyclic) bond motifs is 1. The van der Waals surface area contributed by atoms with Crippen LogP contribution in [0.3, 0.4) is 0 Å². The van der Waals surface area contributed by atoms with Crippen molar-refractivity contribution < 1.29 is 19.0 Å². The number of carbonyl (C=O) groups is 1. The summed E-state index contributed by atoms with van der Waals surface area (Å²) in [6.45, 7) is 4.36. The molecule has 3 rings (SSSR count). The Bertz CT molecular complexity index is 748. The van der Waals surface area contributed by atoms with E-state index >= 15 is 0 Å². The molecular weight excluding hydrogens is 350 g/mol. The topological polar surface area (TPSA) is 48.0 Å². The molecule has 2 aromatic rings. The molecule has 1 aliphatic heterocycles. The van der Waals surface area contributed by atoms with Gasteiger partial charge < -0.3 is 19.1 Å². The van der Waals surface area contributed by atoms with Gasteiger partial charge in [-0.15, -0.1) is 11.8 Å². The molecule has 0 N–H and O–H groups in total. The molecule has 1 aliphatic rings. The van der Waals surface area contributed by atoms with Crippen LogP contribution in [0, 0.1) is 0 Å². The van der Waals surface area contributed by atoms with Gasteiger partial charge in [-0.25, -0.2) is 0 Å². The first-order valence-electron chi connectivity index (χ1n) is 8.62. The quantitative estimate of drug-likeness (QED) is 0.694. The van der Waals surface area contributed by atoms with Crippen molar-refractivity contribution in [2.75, 3.05) is 32.6 Å². The smallest absolute Gasteiger partial charge is 0.233 e. The van der Waals surface area contributed by atoms with Gasteiger partial charge in [0.2, 0.25) is 5.91 Å². The van der Waals surface area contributed by atoms with Crippen molar-refractivity contribution in [2.24, 2.45) is 0 Å². The average molecular weight is 373 g/mol. The van der Waals surface area contributed by atoms with E-state index < -0.39 is 0 Å². The number of thioether (sulfide) groups is 1. The van der Waals surface area contributed by atoms with Crippen molar-refractivity contribution in [1.29, 1.82) is 0 Å². The first-order valence-corrected chi connectivity index (χ1v) is 9.61. The lowest BCUT2D eigenvalue weighted by atomic mass is 10.2. The third-order valence-corrected chi connectivity index (χ3v) is 5.13. The number of hydrogen-bond donors (Lipinski definition) is 0. The summed E-state index contributed by atoms with van der Waals surface area (Å²) >= 11 is 1.53. The van der Waals surface area contributed by atoms with Gasteiger partial charge in [0, 0.05) is 18.0 Å². The Labute approximate surface area is 158 Å². The zero-order chi connectivity index (χ0) is 18.4. The molecule has 0 bridgehead atoms. The monoisotopic (exact) mass is 373 g/mol. The van der Waals surface area contributed by atoms with Crippen LogP contribution >= 0.6 is 11.8 Å². The van der Waals surface area contributed by atoms with Gasteiger partial charge >= 0.3 is 0 Å². The lowest BCUT2D eigenvalue weighted by molar-refractivity contribution is -0.128. The molecule has 0 atom stereocenters. The molecule has 26 heavy (non-hydrogen) atoms. The molecule has 1 heterocycles. The van der Waals surface area contributed by atoms with Gasteiger partial charge in [0.15, 0.2) is 11.5 Å². The van der Waals surface area contributed by atoms with Gasteiger partial charge in [-0.2, -0.15) is 0 Å². The van der Waals surface area contributed by atoms with Crippen molar-refractivity contribution in [1.82, 2.24) is 4.90 Å². The van der Waals surface area contributed by atoms with Crippen LogP contribution in [0.2, 0.25) is 0 Å². The number of carbonyl (C=O) groups excluding carboxylic acids is 1. The molecule has 0 saturated carbocycles. The highest BCUT2D eigenvalue weighted by Gasteiger charge is 2.16. The van der Waals surface area contributed by atoms with E-state index in [0.717, 1.165) is 27.7 Å². The van der Waals surface area contributed by atoms with Crippen LogP contribution in [0.15, 0.2) is 47.4 Å². The maximum atomic E-state index is 12.6. The highest BCUT2D eigenvalue weighted by Crippen LogP contribution is 2.31. The second kappa shape index (κ2) is 8.85. The predicted molar refractivity (Wildman–Crippen MR) is 102 cm³/mol. The second-order valence-electron chi connectivity index (χ2n) is 5.85. The van der Waals surface area contributed by atoms with Crippen LogP contribution in [0.4, 0.5) is 0 Å². The lowest BCUT2D eigenvalue weighted by Crippen LogP contribution is -2.31. The Hall–Kier alpha value is -2.34. The maximum Gasteiger partial charge on any atom is 0.233 e. The molecule has 0 unspecified atom stereocenters. The van der Waals surface area contributed by atoms with Gasteiger partial charge in [-0.05, 0) is 48.9 Å². The Morgan fingerprint density at radius 1 is 1.12 bits per heavy atom. The Morgan fingerprint density at radius 3 is 2.54 bits per heavy atom. The number of methoxy groups -OCH3 is 1. The SMILES string of the molecule is CCN(Cc1ccc2c(c1)OCCO2)C(=O)CSc1ccc(OC)cc1. The molecule has 138 valence electrons. The second-order valence-corrected chi connectivity index (χ2v) is 6.90. The van der Waals surface area contributed by atoms with Crippen molar-refractivity contribution >= 4 is 17.7 Å². The minimum absolute atomic E-state index is 0.114. The molecule has 6 heteroatoms. The van der Waals surface area contributed by atoms with E-state index in [-0.39, 0.29) is 5.91 Å². The van der Waals surface area contributed by atoms with Crippen LogP contribution in [0.25, 0.3) is 0 Å². The zero-order valence-electron chi connectivity index (χ0n) is 15.1. The molecule has 1 amide bonds. The zero-order valence-corrected chi connectivity index (χ0v) is 15.9. The molecule has 0 spiro atoms. The van der Waals surface area contributed by atoms with E-state index in [4.69, 9.17) is 14.2 Å². The van der Waals surface area contributed by atoms with Gasteiger partial charge in [0.05, 0.1) is 12.9 Å². The van der Waals surface area contributed by atoms with E-state index in [9.17, 15) is 4.79 Å². The Kier molecular flexibility index (Phi) is 6.28. The summed E-state index contributed by atoms with van der Waals surface area (Å²) in [5.74, 6) is 2.86. The molecule has 0 fully saturated rings. The first-order chi connectivity index (χ1) is 12.7. The Balaban J connectivity index is 1.58. The fourth-order valence-corrected chi connectivity index (χ4v) is 3.49. The molecule has 0 radical (unpaired) electrons. The number of nitrogens with zero attached hydrogens (tertiary/aromatic N) is 1. The van der Waals surface area contributed by atoms with Gasteiger partial charge in [-0.3, -0.25) is 4.79 Å². The minimum atomic E-state index is 0.114. The summed E-state index contributed by atoms with van der Waals surface area (Å²) in [7, 11) is 1.64. The fraction of sp³-hybridized carbons (Fsp3) is 0.350. The molecule has 0 saturated heterocycles. The van der Waals surface area contributed by atoms with Crippen LogP contribution in [0.1, 0.15) is 12.5 Å². The van der Waals surface area contributed by atoms with Crippen molar-refractivity contribution in [3.05, 3.63) is 48.0 Å². The number of amides is 1. The van der Waals surface area contributed by atoms with E-state index in [2.05, 4.69) is 0 Å². The maximum absolute atomic E-state index is 12.6. The molecule has 0 aromatic heterocycles. The van der Waals surface area contributed by atoms with E-state index in [1.54, 1.807) is 7.11 Å². The largest absolute Gasteiger partial charge is 0.497 e. The van der Waals surface area contributed by atoms with Crippen LogP contribution in [0.5, 0.6) is 17.2 Å². The summed E-state index contributed by atoms with van der Waals surface area (Å²) in [6.07, 6.45) is 0. The molecule has 2 aromatic carbocycles. The summed E-state index contributed by atoms with van der Waals surface area (Å²) in [5, 5.41) is 0. The lowest BCUT2D eigenvalue weighted by Gasteiger charge is -2.23. The molecule has 0 aliphatic carbocycles. The number of rotatable bonds is 7. The highest BCUT2D eigenvalue weighted by atomic mass is 32.2. The minimum Gasteiger partial charge on any atom is -0.497 e. The highest BCUT2D eigenvalue weighted by molar-refractivity contribution is 8.00. The number of ether oxygens (including phenoxy) is 3. The fourth-order valence-electron chi connectivity index (χ4n) is 2.69. The van der Waals surface area contributed by atoms with Gasteiger partial charge in [0.25, 0.3) is 0 Å². The summed E-state index contributed by atoms with van der Waals surface area (Å²) in [4.78, 5) is 15.5. The number of benzene rings is 2. The van der Waals surface area contributed by atoms with Gasteiger partial charge in [0.1, 0.15) is 19.0 Å². The van der Waals surface area contributed by atoms with Gasteiger partial charge in [-0.1, -0.05) is 6.07 Å². The normalized spacial score (nSPS) is 12.5. The molecular formula is C20H23NO4S. The van der Waals surface area contributed by atoms with Crippen LogP contribution in [-0.2, 0) is 11.3 Å². The van der Waals surface area contributed by atoms with E-state index in [1.165, 1.54) is 11.8 Å². The average Bonchev–Trinajstić information content (AvgIpc) is 2.70. The van der Waals surface area contributed by atoms with E-state index in [0.29, 0.717) is 32.1 Å². The van der Waals surface area contributed by atoms with Crippen molar-refractivity contribution in [3.63, 3.8) is 0 Å². The van der Waals surface area contributed by atoms with Crippen LogP contribution in [-0.4, -0.2) is 43.4 Å². The molecule has 5 nitrogen and oxygen atoms in total. The van der Waals surface area contributed by atoms with Crippen molar-refractivity contribution in [3.8, 4) is 17.2 Å². The van der Waals surface area contributed by atoms with Crippen molar-refractivity contribution in [2.45, 2.75) is 18.4 Å². The standard InChI is InChI=1S/C20H23NO4S/c1-3-21(13-15-4-9-18-19(12-15)25-11-10-24-18)20(22)14-26-17-7-5-16(23-2)6-8-17/h4-9,12H,3,10-11,13-14H2,1-2H3. The third kappa shape index (κ3) is 4.64. The van der Waals surface area contributed by atoms with Crippen LogP contribution < -0.4 is 14.2 Å². The third-order valence-electron chi connectivity index (χ3n) is 4.14.